The van der Waals surface area contributed by atoms with Crippen LogP contribution in [0.25, 0.3) is 0 Å². The fourth-order valence-corrected chi connectivity index (χ4v) is 3.54. The van der Waals surface area contributed by atoms with Gasteiger partial charge in [0.25, 0.3) is 5.91 Å². The van der Waals surface area contributed by atoms with Crippen LogP contribution in [-0.2, 0) is 11.3 Å². The minimum absolute atomic E-state index is 0.0172. The van der Waals surface area contributed by atoms with E-state index >= 15 is 0 Å². The average molecular weight is 348 g/mol. The van der Waals surface area contributed by atoms with Gasteiger partial charge < -0.3 is 15.1 Å². The topological polar surface area (TPSA) is 71.3 Å². The molecule has 1 atom stereocenters. The Labute approximate surface area is 146 Å². The zero-order valence-electron chi connectivity index (χ0n) is 14.3. The second-order valence-electron chi connectivity index (χ2n) is 5.72. The fraction of sp³-hybridized carbons (Fsp3) is 0.444. The first-order valence-electron chi connectivity index (χ1n) is 8.22. The molecule has 0 bridgehead atoms. The molecular weight excluding hydrogens is 324 g/mol. The van der Waals surface area contributed by atoms with Crippen LogP contribution in [-0.4, -0.2) is 11.8 Å². The van der Waals surface area contributed by atoms with E-state index in [1.165, 1.54) is 6.92 Å². The summed E-state index contributed by atoms with van der Waals surface area (Å²) in [7, 11) is 0. The van der Waals surface area contributed by atoms with Gasteiger partial charge in [0, 0.05) is 11.8 Å². The number of furan rings is 1. The van der Waals surface area contributed by atoms with E-state index in [1.807, 2.05) is 11.4 Å². The van der Waals surface area contributed by atoms with Crippen molar-refractivity contribution < 1.29 is 14.0 Å². The number of hydrogen-bond acceptors (Lipinski definition) is 4. The molecule has 0 aliphatic heterocycles. The summed E-state index contributed by atoms with van der Waals surface area (Å²) in [6, 6.07) is 7.39. The molecule has 6 heteroatoms. The second-order valence-corrected chi connectivity index (χ2v) is 6.70. The van der Waals surface area contributed by atoms with Crippen molar-refractivity contribution in [2.24, 2.45) is 5.92 Å². The summed E-state index contributed by atoms with van der Waals surface area (Å²) in [5.41, 5.74) is 0. The highest BCUT2D eigenvalue weighted by atomic mass is 32.1. The molecule has 0 saturated carbocycles. The van der Waals surface area contributed by atoms with Gasteiger partial charge in [-0.1, -0.05) is 32.8 Å². The molecule has 0 spiro atoms. The maximum atomic E-state index is 12.6. The molecule has 24 heavy (non-hydrogen) atoms. The van der Waals surface area contributed by atoms with Crippen LogP contribution in [0.5, 0.6) is 0 Å². The molecule has 1 unspecified atom stereocenters. The van der Waals surface area contributed by atoms with Crippen molar-refractivity contribution in [3.8, 4) is 0 Å². The highest BCUT2D eigenvalue weighted by Gasteiger charge is 2.25. The summed E-state index contributed by atoms with van der Waals surface area (Å²) >= 11 is 1.65. The minimum Gasteiger partial charge on any atom is -0.454 e. The van der Waals surface area contributed by atoms with Gasteiger partial charge in [0.05, 0.1) is 12.6 Å². The smallest absolute Gasteiger partial charge is 0.287 e. The number of amides is 2. The van der Waals surface area contributed by atoms with Gasteiger partial charge >= 0.3 is 0 Å². The van der Waals surface area contributed by atoms with E-state index < -0.39 is 0 Å². The first-order valence-corrected chi connectivity index (χ1v) is 9.10. The Hall–Kier alpha value is -2.08. The normalized spacial score (nSPS) is 12.2. The van der Waals surface area contributed by atoms with Crippen LogP contribution < -0.4 is 10.6 Å². The maximum Gasteiger partial charge on any atom is 0.287 e. The Morgan fingerprint density at radius 1 is 1.21 bits per heavy atom. The van der Waals surface area contributed by atoms with Crippen LogP contribution >= 0.6 is 11.3 Å². The highest BCUT2D eigenvalue weighted by molar-refractivity contribution is 7.10. The molecule has 0 radical (unpaired) electrons. The number of thiophene rings is 1. The molecular formula is C18H24N2O3S. The Morgan fingerprint density at radius 3 is 2.54 bits per heavy atom. The van der Waals surface area contributed by atoms with Crippen LogP contribution in [0.4, 0.5) is 0 Å². The lowest BCUT2D eigenvalue weighted by Crippen LogP contribution is -2.32. The van der Waals surface area contributed by atoms with Crippen LogP contribution in [0.15, 0.2) is 34.1 Å². The van der Waals surface area contributed by atoms with Gasteiger partial charge in [0.1, 0.15) is 5.76 Å². The fourth-order valence-electron chi connectivity index (χ4n) is 2.67. The minimum atomic E-state index is -0.227. The summed E-state index contributed by atoms with van der Waals surface area (Å²) < 4.78 is 5.54. The van der Waals surface area contributed by atoms with E-state index in [2.05, 4.69) is 30.5 Å². The Kier molecular flexibility index (Phi) is 6.61. The van der Waals surface area contributed by atoms with E-state index in [4.69, 9.17) is 4.42 Å². The second kappa shape index (κ2) is 8.68. The summed E-state index contributed by atoms with van der Waals surface area (Å²) in [6.07, 6.45) is 1.98. The molecule has 2 heterocycles. The van der Waals surface area contributed by atoms with Crippen molar-refractivity contribution >= 4 is 23.2 Å². The molecule has 0 aliphatic carbocycles. The lowest BCUT2D eigenvalue weighted by atomic mass is 9.93. The monoisotopic (exact) mass is 348 g/mol. The molecule has 2 aromatic rings. The van der Waals surface area contributed by atoms with E-state index in [0.717, 1.165) is 17.7 Å². The van der Waals surface area contributed by atoms with Crippen molar-refractivity contribution in [2.75, 3.05) is 0 Å². The SMILES string of the molecule is CCC(CC)C(NC(=O)c1ccc(CNC(C)=O)o1)c1cccs1. The molecule has 2 rings (SSSR count). The summed E-state index contributed by atoms with van der Waals surface area (Å²) in [6.45, 7) is 6.00. The zero-order valence-corrected chi connectivity index (χ0v) is 15.1. The molecule has 0 aliphatic rings. The van der Waals surface area contributed by atoms with Crippen molar-refractivity contribution in [1.82, 2.24) is 10.6 Å². The largest absolute Gasteiger partial charge is 0.454 e. The van der Waals surface area contributed by atoms with Gasteiger partial charge in [-0.05, 0) is 29.5 Å². The summed E-state index contributed by atoms with van der Waals surface area (Å²) in [5.74, 6) is 0.841. The third-order valence-corrected chi connectivity index (χ3v) is 5.01. The lowest BCUT2D eigenvalue weighted by molar-refractivity contribution is -0.119. The summed E-state index contributed by atoms with van der Waals surface area (Å²) in [5, 5.41) is 7.78. The first-order chi connectivity index (χ1) is 11.5. The Bertz CT molecular complexity index is 660. The van der Waals surface area contributed by atoms with Crippen LogP contribution in [0.1, 0.15) is 60.8 Å². The molecule has 130 valence electrons. The molecule has 0 fully saturated rings. The Morgan fingerprint density at radius 2 is 1.96 bits per heavy atom. The highest BCUT2D eigenvalue weighted by Crippen LogP contribution is 2.30. The molecule has 0 aromatic carbocycles. The van der Waals surface area contributed by atoms with E-state index in [1.54, 1.807) is 23.5 Å². The number of nitrogens with one attached hydrogen (secondary N) is 2. The first kappa shape index (κ1) is 18.3. The maximum absolute atomic E-state index is 12.6. The molecule has 2 amide bonds. The third-order valence-electron chi connectivity index (χ3n) is 4.05. The van der Waals surface area contributed by atoms with Crippen LogP contribution in [0, 0.1) is 5.92 Å². The van der Waals surface area contributed by atoms with E-state index in [0.29, 0.717) is 11.7 Å². The van der Waals surface area contributed by atoms with E-state index in [9.17, 15) is 9.59 Å². The van der Waals surface area contributed by atoms with Gasteiger partial charge in [-0.3, -0.25) is 9.59 Å². The van der Waals surface area contributed by atoms with Gasteiger partial charge in [0.2, 0.25) is 5.91 Å². The zero-order chi connectivity index (χ0) is 17.5. The van der Waals surface area contributed by atoms with E-state index in [-0.39, 0.29) is 30.2 Å². The molecule has 0 saturated heterocycles. The van der Waals surface area contributed by atoms with Gasteiger partial charge in [-0.15, -0.1) is 11.3 Å². The van der Waals surface area contributed by atoms with Crippen molar-refractivity contribution in [3.63, 3.8) is 0 Å². The number of carbonyl (C=O) groups is 2. The predicted octanol–water partition coefficient (Wildman–Crippen LogP) is 3.88. The molecule has 2 N–H and O–H groups in total. The van der Waals surface area contributed by atoms with Gasteiger partial charge in [0.15, 0.2) is 5.76 Å². The van der Waals surface area contributed by atoms with Crippen LogP contribution in [0.2, 0.25) is 0 Å². The molecule has 5 nitrogen and oxygen atoms in total. The quantitative estimate of drug-likeness (QED) is 0.760. The Balaban J connectivity index is 2.08. The van der Waals surface area contributed by atoms with Crippen molar-refractivity contribution in [1.29, 1.82) is 0 Å². The van der Waals surface area contributed by atoms with Crippen molar-refractivity contribution in [2.45, 2.75) is 46.2 Å². The lowest BCUT2D eigenvalue weighted by Gasteiger charge is -2.25. The summed E-state index contributed by atoms with van der Waals surface area (Å²) in [4.78, 5) is 24.6. The number of rotatable bonds is 8. The standard InChI is InChI=1S/C18H24N2O3S/c1-4-13(5-2)17(16-7-6-10-24-16)20-18(22)15-9-8-14(23-15)11-19-12(3)21/h6-10,13,17H,4-5,11H2,1-3H3,(H,19,21)(H,20,22). The van der Waals surface area contributed by atoms with Gasteiger partial charge in [-0.2, -0.15) is 0 Å². The third kappa shape index (κ3) is 4.71. The van der Waals surface area contributed by atoms with Crippen LogP contribution in [0.3, 0.4) is 0 Å². The average Bonchev–Trinajstić information content (AvgIpc) is 3.24. The predicted molar refractivity (Wildman–Crippen MR) is 94.8 cm³/mol. The van der Waals surface area contributed by atoms with Crippen molar-refractivity contribution in [3.05, 3.63) is 46.0 Å². The van der Waals surface area contributed by atoms with Gasteiger partial charge in [-0.25, -0.2) is 0 Å². The number of hydrogen-bond donors (Lipinski definition) is 2. The molecule has 2 aromatic heterocycles. The number of carbonyl (C=O) groups excluding carboxylic acids is 2.